The van der Waals surface area contributed by atoms with Crippen LogP contribution in [0.2, 0.25) is 0 Å². The van der Waals surface area contributed by atoms with Crippen LogP contribution in [0.3, 0.4) is 0 Å². The first-order valence-corrected chi connectivity index (χ1v) is 10.6. The van der Waals surface area contributed by atoms with Crippen LogP contribution in [0, 0.1) is 5.82 Å². The SMILES string of the molecule is CS(=O)(=O)c1ccc(-n2nc(C(F)(F)F)cc2-c2ccc(-c3cnco3)cc2)cc1F. The van der Waals surface area contributed by atoms with Gasteiger partial charge in [0.25, 0.3) is 0 Å². The zero-order valence-electron chi connectivity index (χ0n) is 15.8. The summed E-state index contributed by atoms with van der Waals surface area (Å²) in [7, 11) is -3.84. The molecule has 4 aromatic rings. The minimum atomic E-state index is -4.73. The normalized spacial score (nSPS) is 12.3. The Hall–Kier alpha value is -3.47. The van der Waals surface area contributed by atoms with E-state index in [0.29, 0.717) is 16.9 Å². The maximum absolute atomic E-state index is 14.4. The zero-order valence-corrected chi connectivity index (χ0v) is 16.6. The average molecular weight is 451 g/mol. The number of oxazole rings is 1. The largest absolute Gasteiger partial charge is 0.444 e. The number of alkyl halides is 3. The van der Waals surface area contributed by atoms with Crippen molar-refractivity contribution in [3.8, 4) is 28.3 Å². The fourth-order valence-electron chi connectivity index (χ4n) is 3.01. The first-order valence-electron chi connectivity index (χ1n) is 8.70. The highest BCUT2D eigenvalue weighted by Gasteiger charge is 2.35. The van der Waals surface area contributed by atoms with Crippen molar-refractivity contribution < 1.29 is 30.4 Å². The van der Waals surface area contributed by atoms with Crippen molar-refractivity contribution in [3.05, 3.63) is 72.6 Å². The van der Waals surface area contributed by atoms with E-state index in [-0.39, 0.29) is 11.4 Å². The molecule has 0 aliphatic heterocycles. The molecular formula is C20H13F4N3O3S. The van der Waals surface area contributed by atoms with Gasteiger partial charge < -0.3 is 4.42 Å². The third-order valence-corrected chi connectivity index (χ3v) is 5.59. The van der Waals surface area contributed by atoms with Crippen LogP contribution >= 0.6 is 0 Å². The van der Waals surface area contributed by atoms with Crippen LogP contribution in [0.1, 0.15) is 5.69 Å². The van der Waals surface area contributed by atoms with Gasteiger partial charge in [0.05, 0.1) is 17.6 Å². The third-order valence-electron chi connectivity index (χ3n) is 4.46. The van der Waals surface area contributed by atoms with Gasteiger partial charge in [-0.1, -0.05) is 24.3 Å². The molecule has 0 N–H and O–H groups in total. The van der Waals surface area contributed by atoms with E-state index in [4.69, 9.17) is 4.42 Å². The molecule has 4 rings (SSSR count). The topological polar surface area (TPSA) is 78.0 Å². The molecule has 31 heavy (non-hydrogen) atoms. The Morgan fingerprint density at radius 2 is 1.68 bits per heavy atom. The first-order chi connectivity index (χ1) is 14.5. The lowest BCUT2D eigenvalue weighted by atomic mass is 10.1. The zero-order chi connectivity index (χ0) is 22.4. The molecule has 0 radical (unpaired) electrons. The molecule has 11 heteroatoms. The quantitative estimate of drug-likeness (QED) is 0.418. The van der Waals surface area contributed by atoms with Gasteiger partial charge in [0.15, 0.2) is 27.7 Å². The van der Waals surface area contributed by atoms with Crippen LogP contribution in [0.25, 0.3) is 28.3 Å². The second kappa shape index (κ2) is 7.34. The Labute approximate surface area is 173 Å². The van der Waals surface area contributed by atoms with Crippen LogP contribution < -0.4 is 0 Å². The summed E-state index contributed by atoms with van der Waals surface area (Å²) in [6.07, 6.45) is -1.15. The summed E-state index contributed by atoms with van der Waals surface area (Å²) < 4.78 is 83.7. The Morgan fingerprint density at radius 1 is 1.00 bits per heavy atom. The van der Waals surface area contributed by atoms with Gasteiger partial charge in [0.1, 0.15) is 10.7 Å². The molecule has 2 heterocycles. The minimum absolute atomic E-state index is 0.0444. The monoisotopic (exact) mass is 451 g/mol. The Kier molecular flexibility index (Phi) is 4.92. The third kappa shape index (κ3) is 4.08. The Bertz CT molecular complexity index is 1340. The molecule has 6 nitrogen and oxygen atoms in total. The molecule has 2 aromatic carbocycles. The van der Waals surface area contributed by atoms with E-state index in [9.17, 15) is 26.0 Å². The molecular weight excluding hydrogens is 438 g/mol. The lowest BCUT2D eigenvalue weighted by Crippen LogP contribution is -2.08. The minimum Gasteiger partial charge on any atom is -0.444 e. The van der Waals surface area contributed by atoms with Crippen molar-refractivity contribution in [2.24, 2.45) is 0 Å². The van der Waals surface area contributed by atoms with Gasteiger partial charge in [-0.25, -0.2) is 22.5 Å². The van der Waals surface area contributed by atoms with E-state index < -0.39 is 32.4 Å². The molecule has 0 saturated heterocycles. The van der Waals surface area contributed by atoms with Gasteiger partial charge >= 0.3 is 6.18 Å². The van der Waals surface area contributed by atoms with E-state index in [0.717, 1.165) is 29.1 Å². The summed E-state index contributed by atoms with van der Waals surface area (Å²) in [4.78, 5) is 3.25. The molecule has 0 atom stereocenters. The van der Waals surface area contributed by atoms with Crippen molar-refractivity contribution in [2.45, 2.75) is 11.1 Å². The van der Waals surface area contributed by atoms with Crippen LogP contribution in [-0.2, 0) is 16.0 Å². The van der Waals surface area contributed by atoms with Gasteiger partial charge in [-0.05, 0) is 18.2 Å². The van der Waals surface area contributed by atoms with Crippen LogP contribution in [-0.4, -0.2) is 29.4 Å². The lowest BCUT2D eigenvalue weighted by molar-refractivity contribution is -0.141. The molecule has 0 spiro atoms. The number of hydrogen-bond acceptors (Lipinski definition) is 5. The van der Waals surface area contributed by atoms with Gasteiger partial charge in [0.2, 0.25) is 0 Å². The second-order valence-electron chi connectivity index (χ2n) is 6.65. The molecule has 0 aliphatic rings. The highest BCUT2D eigenvalue weighted by Crippen LogP contribution is 2.34. The molecule has 0 fully saturated rings. The van der Waals surface area contributed by atoms with Crippen LogP contribution in [0.4, 0.5) is 17.6 Å². The van der Waals surface area contributed by atoms with Crippen LogP contribution in [0.5, 0.6) is 0 Å². The van der Waals surface area contributed by atoms with E-state index in [1.807, 2.05) is 0 Å². The summed E-state index contributed by atoms with van der Waals surface area (Å²) in [6, 6.07) is 10.2. The number of hydrogen-bond donors (Lipinski definition) is 0. The highest BCUT2D eigenvalue weighted by atomic mass is 32.2. The predicted octanol–water partition coefficient (Wildman–Crippen LogP) is 4.76. The van der Waals surface area contributed by atoms with E-state index in [2.05, 4.69) is 10.1 Å². The van der Waals surface area contributed by atoms with E-state index >= 15 is 0 Å². The fraction of sp³-hybridized carbons (Fsp3) is 0.100. The van der Waals surface area contributed by atoms with Crippen molar-refractivity contribution >= 4 is 9.84 Å². The van der Waals surface area contributed by atoms with Gasteiger partial charge in [-0.15, -0.1) is 0 Å². The Morgan fingerprint density at radius 3 is 2.23 bits per heavy atom. The summed E-state index contributed by atoms with van der Waals surface area (Å²) in [5.41, 5.74) is -0.155. The summed E-state index contributed by atoms with van der Waals surface area (Å²) in [5.74, 6) is -0.606. The predicted molar refractivity (Wildman–Crippen MR) is 103 cm³/mol. The number of benzene rings is 2. The lowest BCUT2D eigenvalue weighted by Gasteiger charge is -2.10. The van der Waals surface area contributed by atoms with Crippen molar-refractivity contribution in [3.63, 3.8) is 0 Å². The summed E-state index contributed by atoms with van der Waals surface area (Å²) in [6.45, 7) is 0. The van der Waals surface area contributed by atoms with Gasteiger partial charge in [0, 0.05) is 23.4 Å². The molecule has 160 valence electrons. The van der Waals surface area contributed by atoms with Crippen LogP contribution in [0.15, 0.2) is 70.4 Å². The van der Waals surface area contributed by atoms with Gasteiger partial charge in [-0.3, -0.25) is 0 Å². The molecule has 0 bridgehead atoms. The fourth-order valence-corrected chi connectivity index (χ4v) is 3.74. The molecule has 0 saturated carbocycles. The maximum atomic E-state index is 14.4. The first kappa shape index (κ1) is 20.8. The maximum Gasteiger partial charge on any atom is 0.435 e. The summed E-state index contributed by atoms with van der Waals surface area (Å²) in [5, 5.41) is 3.58. The van der Waals surface area contributed by atoms with E-state index in [1.165, 1.54) is 18.7 Å². The number of aromatic nitrogens is 3. The van der Waals surface area contributed by atoms with Crippen molar-refractivity contribution in [1.82, 2.24) is 14.8 Å². The number of sulfone groups is 1. The number of halogens is 4. The summed E-state index contributed by atoms with van der Waals surface area (Å²) >= 11 is 0. The standard InChI is InChI=1S/C20H13F4N3O3S/c1-31(28,29)18-7-6-14(8-15(18)21)27-16(9-19(26-27)20(22,23)24)12-2-4-13(5-3-12)17-10-25-11-30-17/h2-11H,1H3. The number of nitrogens with zero attached hydrogens (tertiary/aromatic N) is 3. The van der Waals surface area contributed by atoms with E-state index in [1.54, 1.807) is 24.3 Å². The van der Waals surface area contributed by atoms with Crippen molar-refractivity contribution in [2.75, 3.05) is 6.26 Å². The smallest absolute Gasteiger partial charge is 0.435 e. The average Bonchev–Trinajstić information content (AvgIpc) is 3.37. The molecule has 0 amide bonds. The second-order valence-corrected chi connectivity index (χ2v) is 8.64. The molecule has 0 aliphatic carbocycles. The van der Waals surface area contributed by atoms with Crippen molar-refractivity contribution in [1.29, 1.82) is 0 Å². The van der Waals surface area contributed by atoms with Gasteiger partial charge in [-0.2, -0.15) is 18.3 Å². The highest BCUT2D eigenvalue weighted by molar-refractivity contribution is 7.90. The Balaban J connectivity index is 1.84. The molecule has 0 unspecified atom stereocenters. The number of rotatable bonds is 4. The molecule has 2 aromatic heterocycles.